The number of hydrogen-bond donors (Lipinski definition) is 0. The van der Waals surface area contributed by atoms with Crippen LogP contribution in [0.25, 0.3) is 16.8 Å². The lowest BCUT2D eigenvalue weighted by Crippen LogP contribution is -2.37. The van der Waals surface area contributed by atoms with E-state index in [1.807, 2.05) is 30.3 Å². The summed E-state index contributed by atoms with van der Waals surface area (Å²) in [6, 6.07) is 8.49. The molecule has 1 fully saturated rings. The Kier molecular flexibility index (Phi) is 3.93. The normalized spacial score (nSPS) is 15.8. The Morgan fingerprint density at radius 2 is 1.67 bits per heavy atom. The molecule has 0 aliphatic carbocycles. The molecule has 0 spiro atoms. The quantitative estimate of drug-likeness (QED) is 0.729. The van der Waals surface area contributed by atoms with E-state index in [-0.39, 0.29) is 0 Å². The Morgan fingerprint density at radius 1 is 0.917 bits per heavy atom. The van der Waals surface area contributed by atoms with Gasteiger partial charge >= 0.3 is 0 Å². The summed E-state index contributed by atoms with van der Waals surface area (Å²) in [6.45, 7) is 1.73. The van der Waals surface area contributed by atoms with Crippen molar-refractivity contribution in [2.24, 2.45) is 7.05 Å². The third-order valence-electron chi connectivity index (χ3n) is 4.28. The zero-order valence-electron chi connectivity index (χ0n) is 13.5. The van der Waals surface area contributed by atoms with E-state index in [2.05, 4.69) is 39.4 Å². The highest BCUT2D eigenvalue weighted by Crippen LogP contribution is 2.24. The molecule has 3 heterocycles. The van der Waals surface area contributed by atoms with Crippen LogP contribution in [0.2, 0.25) is 0 Å². The number of benzene rings is 1. The maximum absolute atomic E-state index is 11.5. The molecule has 1 aliphatic heterocycles. The highest BCUT2D eigenvalue weighted by atomic mass is 32.2. The van der Waals surface area contributed by atoms with Crippen LogP contribution in [-0.2, 0) is 17.8 Å². The van der Waals surface area contributed by atoms with E-state index in [0.29, 0.717) is 0 Å². The van der Waals surface area contributed by atoms with Gasteiger partial charge in [0.05, 0.1) is 18.6 Å². The number of hydrogen-bond acceptors (Lipinski definition) is 4. The molecule has 6 nitrogen and oxygen atoms in total. The highest BCUT2D eigenvalue weighted by Gasteiger charge is 2.15. The molecule has 0 saturated carbocycles. The van der Waals surface area contributed by atoms with Gasteiger partial charge in [0.1, 0.15) is 5.69 Å². The summed E-state index contributed by atoms with van der Waals surface area (Å²) in [5.74, 6) is 1.53. The molecule has 1 aliphatic rings. The minimum Gasteiger partial charge on any atom is -0.370 e. The van der Waals surface area contributed by atoms with Crippen LogP contribution in [0, 0.1) is 0 Å². The Labute approximate surface area is 143 Å². The van der Waals surface area contributed by atoms with Crippen LogP contribution in [0.1, 0.15) is 0 Å². The second-order valence-electron chi connectivity index (χ2n) is 5.93. The molecule has 0 bridgehead atoms. The molecule has 1 aromatic carbocycles. The lowest BCUT2D eigenvalue weighted by molar-refractivity contribution is 0.673. The third kappa shape index (κ3) is 2.99. The van der Waals surface area contributed by atoms with Gasteiger partial charge < -0.3 is 4.90 Å². The first-order valence-corrected chi connectivity index (χ1v) is 9.42. The van der Waals surface area contributed by atoms with Crippen molar-refractivity contribution < 1.29 is 4.21 Å². The second-order valence-corrected chi connectivity index (χ2v) is 7.62. The number of nitrogens with zero attached hydrogens (tertiary/aromatic N) is 5. The molecule has 124 valence electrons. The molecule has 1 saturated heterocycles. The van der Waals surface area contributed by atoms with Crippen molar-refractivity contribution in [3.63, 3.8) is 0 Å². The Balaban J connectivity index is 1.53. The maximum Gasteiger partial charge on any atom is 0.102 e. The first-order chi connectivity index (χ1) is 11.7. The molecule has 4 rings (SSSR count). The lowest BCUT2D eigenvalue weighted by atomic mass is 10.1. The molecule has 0 unspecified atom stereocenters. The second kappa shape index (κ2) is 6.24. The minimum absolute atomic E-state index is 0.642. The van der Waals surface area contributed by atoms with E-state index in [0.717, 1.165) is 41.4 Å². The van der Waals surface area contributed by atoms with Crippen LogP contribution >= 0.6 is 0 Å². The van der Waals surface area contributed by atoms with Crippen molar-refractivity contribution in [1.82, 2.24) is 19.6 Å². The first-order valence-electron chi connectivity index (χ1n) is 7.93. The molecule has 0 amide bonds. The third-order valence-corrected chi connectivity index (χ3v) is 5.56. The molecule has 0 atom stereocenters. The van der Waals surface area contributed by atoms with Crippen LogP contribution in [0.15, 0.2) is 49.1 Å². The lowest BCUT2D eigenvalue weighted by Gasteiger charge is -2.28. The molecule has 24 heavy (non-hydrogen) atoms. The van der Waals surface area contributed by atoms with Gasteiger partial charge in [0.2, 0.25) is 0 Å². The van der Waals surface area contributed by atoms with Crippen molar-refractivity contribution in [1.29, 1.82) is 0 Å². The Bertz CT molecular complexity index is 857. The monoisotopic (exact) mass is 341 g/mol. The van der Waals surface area contributed by atoms with Crippen LogP contribution in [0.3, 0.4) is 0 Å². The Morgan fingerprint density at radius 3 is 2.33 bits per heavy atom. The predicted octanol–water partition coefficient (Wildman–Crippen LogP) is 1.84. The maximum atomic E-state index is 11.5. The summed E-state index contributed by atoms with van der Waals surface area (Å²) in [4.78, 5) is 2.30. The number of rotatable bonds is 3. The number of aromatic nitrogens is 4. The molecular weight excluding hydrogens is 322 g/mol. The van der Waals surface area contributed by atoms with Gasteiger partial charge in [-0.25, -0.2) is 4.68 Å². The van der Waals surface area contributed by atoms with Crippen LogP contribution < -0.4 is 4.90 Å². The smallest absolute Gasteiger partial charge is 0.102 e. The molecule has 0 radical (unpaired) electrons. The molecule has 3 aromatic rings. The molecule has 0 N–H and O–H groups in total. The largest absolute Gasteiger partial charge is 0.370 e. The van der Waals surface area contributed by atoms with Crippen molar-refractivity contribution in [3.8, 4) is 16.8 Å². The summed E-state index contributed by atoms with van der Waals surface area (Å²) in [6.07, 6.45) is 7.60. The minimum atomic E-state index is -0.642. The van der Waals surface area contributed by atoms with Gasteiger partial charge in [0, 0.05) is 59.9 Å². The van der Waals surface area contributed by atoms with E-state index in [9.17, 15) is 4.21 Å². The molecule has 7 heteroatoms. The van der Waals surface area contributed by atoms with Crippen LogP contribution in [0.5, 0.6) is 0 Å². The van der Waals surface area contributed by atoms with E-state index >= 15 is 0 Å². The summed E-state index contributed by atoms with van der Waals surface area (Å²) in [5, 5.41) is 8.59. The zero-order valence-corrected chi connectivity index (χ0v) is 14.3. The highest BCUT2D eigenvalue weighted by molar-refractivity contribution is 7.85. The van der Waals surface area contributed by atoms with Gasteiger partial charge in [-0.2, -0.15) is 10.2 Å². The van der Waals surface area contributed by atoms with Crippen molar-refractivity contribution >= 4 is 16.5 Å². The van der Waals surface area contributed by atoms with Crippen molar-refractivity contribution in [2.75, 3.05) is 29.5 Å². The fourth-order valence-electron chi connectivity index (χ4n) is 2.90. The van der Waals surface area contributed by atoms with E-state index < -0.39 is 10.8 Å². The molecule has 2 aromatic heterocycles. The van der Waals surface area contributed by atoms with Crippen LogP contribution in [0.4, 0.5) is 5.69 Å². The van der Waals surface area contributed by atoms with E-state index in [1.54, 1.807) is 10.9 Å². The fourth-order valence-corrected chi connectivity index (χ4v) is 3.95. The molecular formula is C17H19N5OS. The summed E-state index contributed by atoms with van der Waals surface area (Å²) >= 11 is 0. The van der Waals surface area contributed by atoms with Gasteiger partial charge in [-0.1, -0.05) is 12.1 Å². The van der Waals surface area contributed by atoms with Gasteiger partial charge in [-0.3, -0.25) is 8.89 Å². The topological polar surface area (TPSA) is 56.0 Å². The van der Waals surface area contributed by atoms with Gasteiger partial charge in [0.25, 0.3) is 0 Å². The van der Waals surface area contributed by atoms with Gasteiger partial charge in [-0.15, -0.1) is 0 Å². The average Bonchev–Trinajstić information content (AvgIpc) is 3.25. The van der Waals surface area contributed by atoms with Crippen molar-refractivity contribution in [3.05, 3.63) is 49.1 Å². The SMILES string of the molecule is Cn1cc(-n2cc(-c3ccc(N4CCS(=O)CC4)cc3)cn2)cn1. The standard InChI is InChI=1S/C17H19N5OS/c1-20-13-17(11-18-20)22-12-15(10-19-22)14-2-4-16(5-3-14)21-6-8-24(23)9-7-21/h2-5,10-13H,6-9H2,1H3. The van der Waals surface area contributed by atoms with E-state index in [4.69, 9.17) is 0 Å². The van der Waals surface area contributed by atoms with Gasteiger partial charge in [-0.05, 0) is 17.7 Å². The Hall–Kier alpha value is -2.41. The fraction of sp³-hybridized carbons (Fsp3) is 0.294. The summed E-state index contributed by atoms with van der Waals surface area (Å²) in [5.41, 5.74) is 4.34. The predicted molar refractivity (Wildman–Crippen MR) is 95.9 cm³/mol. The number of aryl methyl sites for hydroxylation is 1. The van der Waals surface area contributed by atoms with Gasteiger partial charge in [0.15, 0.2) is 0 Å². The summed E-state index contributed by atoms with van der Waals surface area (Å²) < 4.78 is 15.1. The summed E-state index contributed by atoms with van der Waals surface area (Å²) in [7, 11) is 1.25. The number of anilines is 1. The average molecular weight is 341 g/mol. The van der Waals surface area contributed by atoms with Crippen molar-refractivity contribution in [2.45, 2.75) is 0 Å². The first kappa shape index (κ1) is 15.1. The van der Waals surface area contributed by atoms with E-state index in [1.165, 1.54) is 5.69 Å². The zero-order chi connectivity index (χ0) is 16.5. The van der Waals surface area contributed by atoms with Crippen LogP contribution in [-0.4, -0.2) is 48.4 Å².